The van der Waals surface area contributed by atoms with Crippen LogP contribution in [0.15, 0.2) is 24.3 Å². The van der Waals surface area contributed by atoms with Crippen LogP contribution in [0.1, 0.15) is 18.1 Å². The summed E-state index contributed by atoms with van der Waals surface area (Å²) < 4.78 is 11.3. The molecule has 0 amide bonds. The molecule has 1 aliphatic carbocycles. The Morgan fingerprint density at radius 1 is 1.27 bits per heavy atom. The summed E-state index contributed by atoms with van der Waals surface area (Å²) in [6, 6.07) is 8.58. The van der Waals surface area contributed by atoms with Crippen molar-refractivity contribution < 1.29 is 9.05 Å². The fourth-order valence-electron chi connectivity index (χ4n) is 2.02. The Morgan fingerprint density at radius 3 is 2.40 bits per heavy atom. The molecule has 0 aromatic heterocycles. The lowest BCUT2D eigenvalue weighted by molar-refractivity contribution is 0.193. The summed E-state index contributed by atoms with van der Waals surface area (Å²) in [6.45, 7) is 4.77. The molecule has 0 saturated heterocycles. The van der Waals surface area contributed by atoms with Crippen molar-refractivity contribution in [1.82, 2.24) is 0 Å². The zero-order chi connectivity index (χ0) is 10.7. The summed E-state index contributed by atoms with van der Waals surface area (Å²) >= 11 is 0. The second-order valence-corrected chi connectivity index (χ2v) is 5.11. The second kappa shape index (κ2) is 5.07. The molecule has 1 aromatic rings. The van der Waals surface area contributed by atoms with Gasteiger partial charge >= 0.3 is 0 Å². The predicted molar refractivity (Wildman–Crippen MR) is 63.2 cm³/mol. The first-order valence-electron chi connectivity index (χ1n) is 5.39. The lowest BCUT2D eigenvalue weighted by Crippen LogP contribution is -2.09. The molecule has 1 atom stereocenters. The summed E-state index contributed by atoms with van der Waals surface area (Å²) in [6.07, 6.45) is 2.40. The first-order valence-corrected chi connectivity index (χ1v) is 7.02. The van der Waals surface area contributed by atoms with Gasteiger partial charge in [-0.05, 0) is 30.9 Å². The van der Waals surface area contributed by atoms with Gasteiger partial charge in [0.05, 0.1) is 12.7 Å². The van der Waals surface area contributed by atoms with Crippen molar-refractivity contribution >= 4 is 8.38 Å². The van der Waals surface area contributed by atoms with Gasteiger partial charge in [0, 0.05) is 6.66 Å². The first kappa shape index (κ1) is 11.1. The Hall–Kier alpha value is -0.430. The molecule has 1 aliphatic rings. The molecule has 2 rings (SSSR count). The number of fused-ring (bicyclic) bond motifs is 1. The van der Waals surface area contributed by atoms with E-state index in [4.69, 9.17) is 9.05 Å². The van der Waals surface area contributed by atoms with Crippen LogP contribution in [0.25, 0.3) is 0 Å². The molecule has 0 radical (unpaired) electrons. The zero-order valence-electron chi connectivity index (χ0n) is 9.27. The minimum absolute atomic E-state index is 0.324. The summed E-state index contributed by atoms with van der Waals surface area (Å²) in [7, 11) is -0.694. The summed E-state index contributed by atoms with van der Waals surface area (Å²) in [5.74, 6) is 0. The molecule has 3 heteroatoms. The van der Waals surface area contributed by atoms with E-state index in [2.05, 4.69) is 24.3 Å². The number of hydrogen-bond acceptors (Lipinski definition) is 2. The Bertz CT molecular complexity index is 302. The van der Waals surface area contributed by atoms with E-state index in [1.54, 1.807) is 0 Å². The molecule has 0 bridgehead atoms. The van der Waals surface area contributed by atoms with Crippen molar-refractivity contribution in [1.29, 1.82) is 0 Å². The molecule has 0 saturated carbocycles. The summed E-state index contributed by atoms with van der Waals surface area (Å²) in [5.41, 5.74) is 2.87. The average molecular weight is 224 g/mol. The molecule has 0 aliphatic heterocycles. The van der Waals surface area contributed by atoms with Crippen molar-refractivity contribution in [2.75, 3.05) is 13.3 Å². The van der Waals surface area contributed by atoms with Crippen LogP contribution in [0.5, 0.6) is 0 Å². The smallest absolute Gasteiger partial charge is 0.167 e. The zero-order valence-corrected chi connectivity index (χ0v) is 10.2. The van der Waals surface area contributed by atoms with Gasteiger partial charge < -0.3 is 9.05 Å². The van der Waals surface area contributed by atoms with Crippen molar-refractivity contribution in [3.05, 3.63) is 35.4 Å². The lowest BCUT2D eigenvalue weighted by Gasteiger charge is -2.16. The maximum absolute atomic E-state index is 5.88. The minimum atomic E-state index is -0.694. The van der Waals surface area contributed by atoms with E-state index in [0.29, 0.717) is 6.10 Å². The summed E-state index contributed by atoms with van der Waals surface area (Å²) in [5, 5.41) is 0. The topological polar surface area (TPSA) is 18.5 Å². The molecule has 1 unspecified atom stereocenters. The Kier molecular flexibility index (Phi) is 3.74. The van der Waals surface area contributed by atoms with Crippen LogP contribution in [0.4, 0.5) is 0 Å². The van der Waals surface area contributed by atoms with Crippen molar-refractivity contribution in [3.63, 3.8) is 0 Å². The number of benzene rings is 1. The highest BCUT2D eigenvalue weighted by Crippen LogP contribution is 2.38. The Morgan fingerprint density at radius 2 is 1.87 bits per heavy atom. The predicted octanol–water partition coefficient (Wildman–Crippen LogP) is 3.15. The highest BCUT2D eigenvalue weighted by molar-refractivity contribution is 7.46. The van der Waals surface area contributed by atoms with Gasteiger partial charge in [0.2, 0.25) is 0 Å². The third kappa shape index (κ3) is 2.78. The third-order valence-corrected chi connectivity index (χ3v) is 3.84. The van der Waals surface area contributed by atoms with E-state index in [0.717, 1.165) is 19.4 Å². The van der Waals surface area contributed by atoms with Crippen LogP contribution in [0, 0.1) is 0 Å². The van der Waals surface area contributed by atoms with Crippen molar-refractivity contribution in [2.45, 2.75) is 25.9 Å². The number of rotatable bonds is 4. The first-order chi connectivity index (χ1) is 7.29. The van der Waals surface area contributed by atoms with E-state index < -0.39 is 8.38 Å². The minimum Gasteiger partial charge on any atom is -0.335 e. The van der Waals surface area contributed by atoms with Gasteiger partial charge in [-0.3, -0.25) is 0 Å². The van der Waals surface area contributed by atoms with E-state index in [9.17, 15) is 0 Å². The van der Waals surface area contributed by atoms with Gasteiger partial charge in [-0.25, -0.2) is 0 Å². The van der Waals surface area contributed by atoms with Crippen LogP contribution in [0.2, 0.25) is 0 Å². The van der Waals surface area contributed by atoms with E-state index >= 15 is 0 Å². The Balaban J connectivity index is 1.90. The van der Waals surface area contributed by atoms with Crippen LogP contribution in [0.3, 0.4) is 0 Å². The molecule has 1 aromatic carbocycles. The van der Waals surface area contributed by atoms with Crippen LogP contribution >= 0.6 is 8.38 Å². The molecule has 2 nitrogen and oxygen atoms in total. The monoisotopic (exact) mass is 224 g/mol. The van der Waals surface area contributed by atoms with Gasteiger partial charge in [-0.15, -0.1) is 0 Å². The molecule has 82 valence electrons. The van der Waals surface area contributed by atoms with Gasteiger partial charge in [0.25, 0.3) is 0 Å². The average Bonchev–Trinajstić information content (AvgIpc) is 2.59. The third-order valence-electron chi connectivity index (χ3n) is 2.62. The van der Waals surface area contributed by atoms with Crippen molar-refractivity contribution in [3.8, 4) is 0 Å². The van der Waals surface area contributed by atoms with Gasteiger partial charge in [0.15, 0.2) is 8.38 Å². The standard InChI is InChI=1S/C12H17O2P/c1-3-13-15(2)14-12-8-10-6-4-5-7-11(10)9-12/h4-7,12H,3,8-9H2,1-2H3. The Labute approximate surface area is 92.5 Å². The van der Waals surface area contributed by atoms with Crippen LogP contribution in [-0.2, 0) is 21.9 Å². The van der Waals surface area contributed by atoms with Crippen molar-refractivity contribution in [2.24, 2.45) is 0 Å². The maximum Gasteiger partial charge on any atom is 0.167 e. The van der Waals surface area contributed by atoms with Gasteiger partial charge in [-0.2, -0.15) is 0 Å². The second-order valence-electron chi connectivity index (χ2n) is 3.76. The summed E-state index contributed by atoms with van der Waals surface area (Å²) in [4.78, 5) is 0. The maximum atomic E-state index is 5.88. The molecule has 0 spiro atoms. The SMILES string of the molecule is CCOP(C)OC1Cc2ccccc2C1. The highest BCUT2D eigenvalue weighted by Gasteiger charge is 2.23. The van der Waals surface area contributed by atoms with Crippen LogP contribution < -0.4 is 0 Å². The highest BCUT2D eigenvalue weighted by atomic mass is 31.2. The lowest BCUT2D eigenvalue weighted by atomic mass is 10.1. The molecule has 0 N–H and O–H groups in total. The number of hydrogen-bond donors (Lipinski definition) is 0. The van der Waals surface area contributed by atoms with Gasteiger partial charge in [-0.1, -0.05) is 24.3 Å². The quantitative estimate of drug-likeness (QED) is 0.731. The van der Waals surface area contributed by atoms with E-state index in [1.165, 1.54) is 11.1 Å². The van der Waals surface area contributed by atoms with E-state index in [1.807, 2.05) is 13.6 Å². The van der Waals surface area contributed by atoms with Gasteiger partial charge in [0.1, 0.15) is 0 Å². The fourth-order valence-corrected chi connectivity index (χ4v) is 3.01. The molecule has 0 fully saturated rings. The fraction of sp³-hybridized carbons (Fsp3) is 0.500. The van der Waals surface area contributed by atoms with E-state index in [-0.39, 0.29) is 0 Å². The van der Waals surface area contributed by atoms with Crippen LogP contribution in [-0.4, -0.2) is 19.4 Å². The normalized spacial score (nSPS) is 17.7. The molecular formula is C12H17O2P. The molecular weight excluding hydrogens is 207 g/mol. The molecule has 0 heterocycles. The molecule has 15 heavy (non-hydrogen) atoms. The largest absolute Gasteiger partial charge is 0.335 e.